The molecule has 1 aromatic rings. The second-order valence-corrected chi connectivity index (χ2v) is 2.93. The second-order valence-electron chi connectivity index (χ2n) is 2.15. The Kier molecular flexibility index (Phi) is 2.51. The Morgan fingerprint density at radius 3 is 2.70 bits per heavy atom. The molecule has 0 saturated heterocycles. The zero-order valence-corrected chi connectivity index (χ0v) is 7.60. The quantitative estimate of drug-likeness (QED) is 0.799. The van der Waals surface area contributed by atoms with Crippen LogP contribution in [0.2, 0.25) is 0 Å². The van der Waals surface area contributed by atoms with Crippen molar-refractivity contribution in [1.82, 2.24) is 5.32 Å². The van der Waals surface area contributed by atoms with Gasteiger partial charge in [-0.3, -0.25) is 0 Å². The first-order valence-corrected chi connectivity index (χ1v) is 3.96. The Labute approximate surface area is 68.7 Å². The Balaban J connectivity index is 2.74. The van der Waals surface area contributed by atoms with Gasteiger partial charge in [-0.1, -0.05) is 0 Å². The summed E-state index contributed by atoms with van der Waals surface area (Å²) in [5.41, 5.74) is 0. The van der Waals surface area contributed by atoms with Crippen LogP contribution in [0.5, 0.6) is 0 Å². The number of hydrogen-bond donors (Lipinski definition) is 1. The van der Waals surface area contributed by atoms with Crippen LogP contribution in [0.25, 0.3) is 0 Å². The molecule has 0 saturated carbocycles. The second kappa shape index (κ2) is 3.21. The van der Waals surface area contributed by atoms with Gasteiger partial charge in [-0.2, -0.15) is 0 Å². The van der Waals surface area contributed by atoms with Gasteiger partial charge in [0.15, 0.2) is 4.67 Å². The van der Waals surface area contributed by atoms with Gasteiger partial charge < -0.3 is 9.73 Å². The first-order chi connectivity index (χ1) is 4.74. The first-order valence-electron chi connectivity index (χ1n) is 3.16. The maximum atomic E-state index is 5.29. The zero-order valence-electron chi connectivity index (χ0n) is 6.02. The summed E-state index contributed by atoms with van der Waals surface area (Å²) in [6.07, 6.45) is 0. The Morgan fingerprint density at radius 1 is 1.60 bits per heavy atom. The highest BCUT2D eigenvalue weighted by Gasteiger charge is 2.05. The monoisotopic (exact) mass is 203 g/mol. The molecule has 1 aromatic heterocycles. The van der Waals surface area contributed by atoms with E-state index in [9.17, 15) is 0 Å². The van der Waals surface area contributed by atoms with E-state index in [0.29, 0.717) is 0 Å². The van der Waals surface area contributed by atoms with E-state index in [1.807, 2.05) is 26.1 Å². The summed E-state index contributed by atoms with van der Waals surface area (Å²) in [4.78, 5) is 0. The third kappa shape index (κ3) is 1.61. The van der Waals surface area contributed by atoms with Crippen LogP contribution in [0.3, 0.4) is 0 Å². The van der Waals surface area contributed by atoms with Crippen molar-refractivity contribution in [3.63, 3.8) is 0 Å². The van der Waals surface area contributed by atoms with Gasteiger partial charge in [0.25, 0.3) is 0 Å². The third-order valence-corrected chi connectivity index (χ3v) is 1.88. The maximum Gasteiger partial charge on any atom is 0.169 e. The van der Waals surface area contributed by atoms with E-state index in [1.54, 1.807) is 0 Å². The van der Waals surface area contributed by atoms with Gasteiger partial charge in [-0.15, -0.1) is 0 Å². The van der Waals surface area contributed by atoms with E-state index in [0.717, 1.165) is 10.4 Å². The molecule has 0 spiro atoms. The predicted octanol–water partition coefficient (Wildman–Crippen LogP) is 2.32. The fraction of sp³-hybridized carbons (Fsp3) is 0.429. The topological polar surface area (TPSA) is 25.2 Å². The fourth-order valence-corrected chi connectivity index (χ4v) is 1.02. The van der Waals surface area contributed by atoms with E-state index in [-0.39, 0.29) is 6.04 Å². The number of nitrogens with one attached hydrogen (secondary N) is 1. The van der Waals surface area contributed by atoms with Gasteiger partial charge >= 0.3 is 0 Å². The zero-order chi connectivity index (χ0) is 7.56. The fourth-order valence-electron chi connectivity index (χ4n) is 0.703. The van der Waals surface area contributed by atoms with Gasteiger partial charge in [-0.25, -0.2) is 0 Å². The van der Waals surface area contributed by atoms with Crippen molar-refractivity contribution in [3.05, 3.63) is 22.6 Å². The first kappa shape index (κ1) is 7.82. The molecule has 1 rings (SSSR count). The van der Waals surface area contributed by atoms with Crippen LogP contribution in [0, 0.1) is 0 Å². The SMILES string of the molecule is CNC(C)c1ccc(Br)o1. The third-order valence-electron chi connectivity index (χ3n) is 1.45. The number of rotatable bonds is 2. The molecule has 0 fully saturated rings. The summed E-state index contributed by atoms with van der Waals surface area (Å²) in [6.45, 7) is 2.05. The average Bonchev–Trinajstić information content (AvgIpc) is 2.34. The predicted molar refractivity (Wildman–Crippen MR) is 43.9 cm³/mol. The van der Waals surface area contributed by atoms with E-state index in [2.05, 4.69) is 21.2 Å². The lowest BCUT2D eigenvalue weighted by atomic mass is 10.3. The molecular weight excluding hydrogens is 194 g/mol. The standard InChI is InChI=1S/C7H10BrNO/c1-5(9-2)6-3-4-7(8)10-6/h3-5,9H,1-2H3. The summed E-state index contributed by atoms with van der Waals surface area (Å²) in [7, 11) is 1.90. The smallest absolute Gasteiger partial charge is 0.169 e. The minimum Gasteiger partial charge on any atom is -0.453 e. The molecule has 0 aliphatic heterocycles. The van der Waals surface area contributed by atoms with Crippen molar-refractivity contribution in [2.24, 2.45) is 0 Å². The molecule has 1 unspecified atom stereocenters. The maximum absolute atomic E-state index is 5.29. The van der Waals surface area contributed by atoms with E-state index in [4.69, 9.17) is 4.42 Å². The van der Waals surface area contributed by atoms with Gasteiger partial charge in [0.1, 0.15) is 5.76 Å². The summed E-state index contributed by atoms with van der Waals surface area (Å²) >= 11 is 3.24. The van der Waals surface area contributed by atoms with Crippen LogP contribution in [0.1, 0.15) is 18.7 Å². The lowest BCUT2D eigenvalue weighted by Crippen LogP contribution is -2.10. The largest absolute Gasteiger partial charge is 0.453 e. The Bertz CT molecular complexity index is 209. The van der Waals surface area contributed by atoms with E-state index < -0.39 is 0 Å². The van der Waals surface area contributed by atoms with E-state index in [1.165, 1.54) is 0 Å². The Morgan fingerprint density at radius 2 is 2.30 bits per heavy atom. The average molecular weight is 204 g/mol. The molecule has 0 bridgehead atoms. The number of furan rings is 1. The summed E-state index contributed by atoms with van der Waals surface area (Å²) in [5, 5.41) is 3.08. The summed E-state index contributed by atoms with van der Waals surface area (Å²) < 4.78 is 6.07. The van der Waals surface area contributed by atoms with Gasteiger partial charge in [0.05, 0.1) is 6.04 Å². The summed E-state index contributed by atoms with van der Waals surface area (Å²) in [5.74, 6) is 0.953. The molecule has 0 aliphatic carbocycles. The minimum atomic E-state index is 0.284. The highest BCUT2D eigenvalue weighted by Crippen LogP contribution is 2.19. The van der Waals surface area contributed by atoms with Gasteiger partial charge in [-0.05, 0) is 42.0 Å². The van der Waals surface area contributed by atoms with Gasteiger partial charge in [0.2, 0.25) is 0 Å². The molecule has 1 N–H and O–H groups in total. The normalized spacial score (nSPS) is 13.5. The highest BCUT2D eigenvalue weighted by atomic mass is 79.9. The number of halogens is 1. The van der Waals surface area contributed by atoms with Crippen molar-refractivity contribution >= 4 is 15.9 Å². The van der Waals surface area contributed by atoms with Crippen LogP contribution >= 0.6 is 15.9 Å². The molecule has 0 aromatic carbocycles. The van der Waals surface area contributed by atoms with Crippen molar-refractivity contribution in [3.8, 4) is 0 Å². The molecule has 0 amide bonds. The molecular formula is C7H10BrNO. The molecule has 0 aliphatic rings. The van der Waals surface area contributed by atoms with Crippen LogP contribution in [0.4, 0.5) is 0 Å². The Hall–Kier alpha value is -0.280. The summed E-state index contributed by atoms with van der Waals surface area (Å²) in [6, 6.07) is 4.13. The van der Waals surface area contributed by atoms with Crippen LogP contribution in [-0.2, 0) is 0 Å². The van der Waals surface area contributed by atoms with Gasteiger partial charge in [0, 0.05) is 0 Å². The van der Waals surface area contributed by atoms with Crippen LogP contribution < -0.4 is 5.32 Å². The van der Waals surface area contributed by atoms with Crippen LogP contribution in [0.15, 0.2) is 21.2 Å². The van der Waals surface area contributed by atoms with Crippen molar-refractivity contribution in [2.45, 2.75) is 13.0 Å². The van der Waals surface area contributed by atoms with Crippen molar-refractivity contribution < 1.29 is 4.42 Å². The lowest BCUT2D eigenvalue weighted by Gasteiger charge is -2.04. The number of hydrogen-bond acceptors (Lipinski definition) is 2. The minimum absolute atomic E-state index is 0.284. The molecule has 1 atom stereocenters. The molecule has 2 nitrogen and oxygen atoms in total. The lowest BCUT2D eigenvalue weighted by molar-refractivity contribution is 0.434. The molecule has 1 heterocycles. The molecule has 56 valence electrons. The molecule has 3 heteroatoms. The molecule has 10 heavy (non-hydrogen) atoms. The van der Waals surface area contributed by atoms with Crippen molar-refractivity contribution in [2.75, 3.05) is 7.05 Å². The highest BCUT2D eigenvalue weighted by molar-refractivity contribution is 9.10. The van der Waals surface area contributed by atoms with E-state index >= 15 is 0 Å². The van der Waals surface area contributed by atoms with Crippen molar-refractivity contribution in [1.29, 1.82) is 0 Å². The van der Waals surface area contributed by atoms with Crippen LogP contribution in [-0.4, -0.2) is 7.05 Å². The molecule has 0 radical (unpaired) electrons.